The maximum absolute atomic E-state index is 12.5. The monoisotopic (exact) mass is 342 g/mol. The summed E-state index contributed by atoms with van der Waals surface area (Å²) >= 11 is 0. The van der Waals surface area contributed by atoms with Crippen molar-refractivity contribution < 1.29 is 4.79 Å². The number of hydrogen-bond acceptors (Lipinski definition) is 6. The van der Waals surface area contributed by atoms with Gasteiger partial charge in [-0.05, 0) is 25.0 Å². The second kappa shape index (κ2) is 7.33. The van der Waals surface area contributed by atoms with E-state index in [2.05, 4.69) is 20.3 Å². The van der Waals surface area contributed by atoms with Crippen molar-refractivity contribution in [3.8, 4) is 0 Å². The number of carbonyl (C=O) groups excluding carboxylic acids is 1. The highest BCUT2D eigenvalue weighted by molar-refractivity contribution is 5.95. The van der Waals surface area contributed by atoms with Gasteiger partial charge in [0.15, 0.2) is 5.82 Å². The minimum atomic E-state index is -0.209. The summed E-state index contributed by atoms with van der Waals surface area (Å²) < 4.78 is 0. The van der Waals surface area contributed by atoms with E-state index in [0.29, 0.717) is 17.9 Å². The Hall–Kier alpha value is -2.90. The van der Waals surface area contributed by atoms with Crippen molar-refractivity contribution in [3.05, 3.63) is 46.6 Å². The molecule has 25 heavy (non-hydrogen) atoms. The maximum Gasteiger partial charge on any atom is 0.290 e. The topological polar surface area (TPSA) is 94.2 Å². The number of nitrogens with one attached hydrogen (secondary N) is 2. The van der Waals surface area contributed by atoms with Crippen LogP contribution in [0.5, 0.6) is 0 Å². The maximum atomic E-state index is 12.5. The molecule has 3 rings (SSSR count). The molecule has 0 unspecified atom stereocenters. The Morgan fingerprint density at radius 1 is 1.36 bits per heavy atom. The summed E-state index contributed by atoms with van der Waals surface area (Å²) in [5, 5.41) is 3.05. The Morgan fingerprint density at radius 3 is 2.96 bits per heavy atom. The van der Waals surface area contributed by atoms with Crippen molar-refractivity contribution in [1.82, 2.24) is 20.3 Å². The Bertz CT molecular complexity index is 803. The van der Waals surface area contributed by atoms with Crippen molar-refractivity contribution in [2.24, 2.45) is 0 Å². The molecule has 1 saturated heterocycles. The van der Waals surface area contributed by atoms with E-state index in [-0.39, 0.29) is 17.5 Å². The van der Waals surface area contributed by atoms with E-state index in [1.54, 1.807) is 24.5 Å². The molecule has 1 fully saturated rings. The molecule has 0 saturated carbocycles. The van der Waals surface area contributed by atoms with Crippen LogP contribution in [0.4, 0.5) is 11.6 Å². The summed E-state index contributed by atoms with van der Waals surface area (Å²) in [5.41, 5.74) is 0.366. The van der Waals surface area contributed by atoms with Crippen LogP contribution in [0.25, 0.3) is 0 Å². The average molecular weight is 342 g/mol. The van der Waals surface area contributed by atoms with E-state index in [1.807, 2.05) is 23.9 Å². The second-order valence-corrected chi connectivity index (χ2v) is 6.30. The van der Waals surface area contributed by atoms with Gasteiger partial charge in [0.2, 0.25) is 0 Å². The molecule has 1 amide bonds. The van der Waals surface area contributed by atoms with Crippen LogP contribution in [0.15, 0.2) is 35.5 Å². The van der Waals surface area contributed by atoms with E-state index in [1.165, 1.54) is 6.20 Å². The first-order valence-corrected chi connectivity index (χ1v) is 8.27. The predicted molar refractivity (Wildman–Crippen MR) is 96.1 cm³/mol. The van der Waals surface area contributed by atoms with Gasteiger partial charge in [-0.3, -0.25) is 9.59 Å². The zero-order chi connectivity index (χ0) is 17.8. The molecule has 0 spiro atoms. The number of H-pyrrole nitrogens is 1. The lowest BCUT2D eigenvalue weighted by molar-refractivity contribution is 0.0933. The molecule has 0 bridgehead atoms. The van der Waals surface area contributed by atoms with Gasteiger partial charge in [0.25, 0.3) is 11.5 Å². The molecule has 2 aromatic heterocycles. The van der Waals surface area contributed by atoms with Gasteiger partial charge < -0.3 is 20.1 Å². The number of anilines is 2. The summed E-state index contributed by atoms with van der Waals surface area (Å²) in [6.07, 6.45) is 6.48. The van der Waals surface area contributed by atoms with Crippen LogP contribution in [-0.2, 0) is 0 Å². The summed E-state index contributed by atoms with van der Waals surface area (Å²) in [5.74, 6) is 1.01. The Kier molecular flexibility index (Phi) is 4.97. The standard InChI is InChI=1S/C17H22N6O2/c1-22(2)14-10-12(5-6-18-14)16(24)21-13-4-3-9-23(11-13)15-17(25)20-8-7-19-15/h5-8,10,13H,3-4,9,11H2,1-2H3,(H,20,25)(H,21,24)/t13-/m0/s1. The molecule has 0 aliphatic carbocycles. The van der Waals surface area contributed by atoms with Gasteiger partial charge in [-0.1, -0.05) is 0 Å². The predicted octanol–water partition coefficient (Wildman–Crippen LogP) is 0.630. The van der Waals surface area contributed by atoms with Crippen molar-refractivity contribution in [2.75, 3.05) is 37.0 Å². The van der Waals surface area contributed by atoms with Crippen LogP contribution in [-0.4, -0.2) is 54.1 Å². The highest BCUT2D eigenvalue weighted by Gasteiger charge is 2.24. The van der Waals surface area contributed by atoms with E-state index in [0.717, 1.165) is 25.2 Å². The number of carbonyl (C=O) groups is 1. The summed E-state index contributed by atoms with van der Waals surface area (Å²) in [6, 6.07) is 3.44. The highest BCUT2D eigenvalue weighted by atomic mass is 16.1. The quantitative estimate of drug-likeness (QED) is 0.846. The lowest BCUT2D eigenvalue weighted by atomic mass is 10.1. The molecular formula is C17H22N6O2. The van der Waals surface area contributed by atoms with Gasteiger partial charge in [0.1, 0.15) is 5.82 Å². The van der Waals surface area contributed by atoms with Crippen LogP contribution in [0, 0.1) is 0 Å². The SMILES string of the molecule is CN(C)c1cc(C(=O)N[C@H]2CCCN(c3ncc[nH]c3=O)C2)ccn1. The van der Waals surface area contributed by atoms with Crippen molar-refractivity contribution in [1.29, 1.82) is 0 Å². The Balaban J connectivity index is 1.68. The molecule has 0 aromatic carbocycles. The second-order valence-electron chi connectivity index (χ2n) is 6.30. The van der Waals surface area contributed by atoms with E-state index < -0.39 is 0 Å². The molecule has 8 nitrogen and oxygen atoms in total. The molecule has 1 atom stereocenters. The van der Waals surface area contributed by atoms with Gasteiger partial charge in [-0.2, -0.15) is 0 Å². The zero-order valence-electron chi connectivity index (χ0n) is 14.4. The van der Waals surface area contributed by atoms with Gasteiger partial charge in [-0.15, -0.1) is 0 Å². The normalized spacial score (nSPS) is 17.2. The molecule has 8 heteroatoms. The first-order valence-electron chi connectivity index (χ1n) is 8.27. The third-order valence-electron chi connectivity index (χ3n) is 4.21. The van der Waals surface area contributed by atoms with E-state index in [4.69, 9.17) is 0 Å². The molecule has 1 aliphatic rings. The number of aromatic nitrogens is 3. The molecular weight excluding hydrogens is 320 g/mol. The third-order valence-corrected chi connectivity index (χ3v) is 4.21. The zero-order valence-corrected chi connectivity index (χ0v) is 14.4. The molecule has 2 aromatic rings. The van der Waals surface area contributed by atoms with Gasteiger partial charge in [0, 0.05) is 57.4 Å². The van der Waals surface area contributed by atoms with Gasteiger partial charge >= 0.3 is 0 Å². The number of amides is 1. The molecule has 2 N–H and O–H groups in total. The first kappa shape index (κ1) is 16.9. The van der Waals surface area contributed by atoms with Crippen LogP contribution in [0.3, 0.4) is 0 Å². The highest BCUT2D eigenvalue weighted by Crippen LogP contribution is 2.15. The fourth-order valence-corrected chi connectivity index (χ4v) is 2.93. The van der Waals surface area contributed by atoms with Crippen LogP contribution < -0.4 is 20.7 Å². The summed E-state index contributed by atoms with van der Waals surface area (Å²) in [6.45, 7) is 1.32. The number of rotatable bonds is 4. The lowest BCUT2D eigenvalue weighted by Gasteiger charge is -2.33. The third kappa shape index (κ3) is 3.96. The number of nitrogens with zero attached hydrogens (tertiary/aromatic N) is 4. The number of pyridine rings is 1. The first-order chi connectivity index (χ1) is 12.0. The average Bonchev–Trinajstić information content (AvgIpc) is 2.62. The van der Waals surface area contributed by atoms with E-state index >= 15 is 0 Å². The van der Waals surface area contributed by atoms with Crippen LogP contribution in [0.1, 0.15) is 23.2 Å². The largest absolute Gasteiger partial charge is 0.363 e. The van der Waals surface area contributed by atoms with Gasteiger partial charge in [-0.25, -0.2) is 9.97 Å². The number of piperidine rings is 1. The minimum Gasteiger partial charge on any atom is -0.363 e. The van der Waals surface area contributed by atoms with Crippen LogP contribution >= 0.6 is 0 Å². The smallest absolute Gasteiger partial charge is 0.290 e. The fraction of sp³-hybridized carbons (Fsp3) is 0.412. The van der Waals surface area contributed by atoms with E-state index in [9.17, 15) is 9.59 Å². The lowest BCUT2D eigenvalue weighted by Crippen LogP contribution is -2.49. The number of aromatic amines is 1. The fourth-order valence-electron chi connectivity index (χ4n) is 2.93. The molecule has 0 radical (unpaired) electrons. The number of hydrogen-bond donors (Lipinski definition) is 2. The summed E-state index contributed by atoms with van der Waals surface area (Å²) in [4.78, 5) is 39.2. The van der Waals surface area contributed by atoms with Gasteiger partial charge in [0.05, 0.1) is 0 Å². The van der Waals surface area contributed by atoms with Crippen molar-refractivity contribution in [3.63, 3.8) is 0 Å². The van der Waals surface area contributed by atoms with Crippen LogP contribution in [0.2, 0.25) is 0 Å². The Morgan fingerprint density at radius 2 is 2.20 bits per heavy atom. The van der Waals surface area contributed by atoms with Crippen molar-refractivity contribution in [2.45, 2.75) is 18.9 Å². The van der Waals surface area contributed by atoms with Crippen molar-refractivity contribution >= 4 is 17.5 Å². The summed E-state index contributed by atoms with van der Waals surface area (Å²) in [7, 11) is 3.76. The Labute approximate surface area is 145 Å². The molecule has 132 valence electrons. The molecule has 1 aliphatic heterocycles. The molecule has 3 heterocycles. The minimum absolute atomic E-state index is 0.0290.